The zero-order chi connectivity index (χ0) is 14.7. The van der Waals surface area contributed by atoms with Crippen molar-refractivity contribution in [2.75, 3.05) is 18.0 Å². The van der Waals surface area contributed by atoms with Crippen molar-refractivity contribution in [1.82, 2.24) is 4.98 Å². The number of anilines is 1. The summed E-state index contributed by atoms with van der Waals surface area (Å²) in [5.41, 5.74) is 12.6. The number of nitrogens with zero attached hydrogens (tertiary/aromatic N) is 2. The summed E-state index contributed by atoms with van der Waals surface area (Å²) < 4.78 is 0. The second-order valence-electron chi connectivity index (χ2n) is 4.39. The number of rotatable bonds is 5. The average Bonchev–Trinajstić information content (AvgIpc) is 2.43. The zero-order valence-electron chi connectivity index (χ0n) is 11.2. The Morgan fingerprint density at radius 3 is 2.65 bits per heavy atom. The smallest absolute Gasteiger partial charge is 0.236 e. The van der Waals surface area contributed by atoms with Gasteiger partial charge in [-0.3, -0.25) is 4.79 Å². The summed E-state index contributed by atoms with van der Waals surface area (Å²) in [6.07, 6.45) is 0. The lowest BCUT2D eigenvalue weighted by Crippen LogP contribution is -2.34. The molecule has 5 nitrogen and oxygen atoms in total. The number of fused-ring (bicyclic) bond motifs is 1. The van der Waals surface area contributed by atoms with Crippen molar-refractivity contribution in [3.63, 3.8) is 0 Å². The molecule has 0 bridgehead atoms. The number of amides is 1. The van der Waals surface area contributed by atoms with E-state index in [1.54, 1.807) is 11.0 Å². The van der Waals surface area contributed by atoms with Crippen LogP contribution in [0.3, 0.4) is 0 Å². The van der Waals surface area contributed by atoms with Crippen LogP contribution in [-0.4, -0.2) is 29.0 Å². The molecular weight excluding hydrogens is 272 g/mol. The van der Waals surface area contributed by atoms with E-state index in [9.17, 15) is 4.79 Å². The number of pyridine rings is 1. The molecule has 2 rings (SSSR count). The van der Waals surface area contributed by atoms with Gasteiger partial charge in [0.15, 0.2) is 0 Å². The first-order valence-corrected chi connectivity index (χ1v) is 6.66. The molecule has 0 fully saturated rings. The van der Waals surface area contributed by atoms with Crippen LogP contribution >= 0.6 is 12.2 Å². The van der Waals surface area contributed by atoms with E-state index in [0.717, 1.165) is 16.5 Å². The fourth-order valence-corrected chi connectivity index (χ4v) is 2.24. The largest absolute Gasteiger partial charge is 0.389 e. The van der Waals surface area contributed by atoms with Crippen molar-refractivity contribution in [3.05, 3.63) is 35.9 Å². The minimum Gasteiger partial charge on any atom is -0.389 e. The molecule has 0 aliphatic carbocycles. The fraction of sp³-hybridized carbons (Fsp3) is 0.214. The Balaban J connectivity index is 2.59. The molecule has 6 heteroatoms. The first-order valence-electron chi connectivity index (χ1n) is 6.25. The Labute approximate surface area is 122 Å². The van der Waals surface area contributed by atoms with Crippen molar-refractivity contribution < 1.29 is 4.79 Å². The predicted octanol–water partition coefficient (Wildman–Crippen LogP) is 1.18. The van der Waals surface area contributed by atoms with Crippen molar-refractivity contribution in [2.45, 2.75) is 6.92 Å². The van der Waals surface area contributed by atoms with Crippen LogP contribution in [0.25, 0.3) is 10.9 Å². The Kier molecular flexibility index (Phi) is 4.14. The van der Waals surface area contributed by atoms with Gasteiger partial charge < -0.3 is 16.4 Å². The van der Waals surface area contributed by atoms with Gasteiger partial charge >= 0.3 is 0 Å². The van der Waals surface area contributed by atoms with E-state index in [1.165, 1.54) is 0 Å². The molecule has 1 aromatic heterocycles. The molecule has 4 N–H and O–H groups in total. The van der Waals surface area contributed by atoms with Crippen LogP contribution in [0.2, 0.25) is 0 Å². The molecule has 104 valence electrons. The Morgan fingerprint density at radius 1 is 1.35 bits per heavy atom. The molecule has 1 aromatic carbocycles. The quantitative estimate of drug-likeness (QED) is 0.807. The molecular formula is C14H16N4OS. The second-order valence-corrected chi connectivity index (χ2v) is 4.83. The Bertz CT molecular complexity index is 671. The van der Waals surface area contributed by atoms with E-state index in [4.69, 9.17) is 23.7 Å². The van der Waals surface area contributed by atoms with Crippen molar-refractivity contribution in [1.29, 1.82) is 0 Å². The molecule has 1 heterocycles. The van der Waals surface area contributed by atoms with Crippen LogP contribution in [0.5, 0.6) is 0 Å². The summed E-state index contributed by atoms with van der Waals surface area (Å²) in [6.45, 7) is 2.66. The lowest BCUT2D eigenvalue weighted by atomic mass is 10.1. The third-order valence-corrected chi connectivity index (χ3v) is 3.24. The van der Waals surface area contributed by atoms with Crippen LogP contribution < -0.4 is 16.4 Å². The molecule has 0 unspecified atom stereocenters. The maximum atomic E-state index is 11.1. The normalized spacial score (nSPS) is 10.4. The molecule has 0 atom stereocenters. The highest BCUT2D eigenvalue weighted by atomic mass is 32.1. The topological polar surface area (TPSA) is 85.2 Å². The number of nitrogens with two attached hydrogens (primary N) is 2. The van der Waals surface area contributed by atoms with Gasteiger partial charge in [0.1, 0.15) is 10.8 Å². The highest BCUT2D eigenvalue weighted by Gasteiger charge is 2.13. The fourth-order valence-electron chi connectivity index (χ4n) is 2.07. The van der Waals surface area contributed by atoms with Gasteiger partial charge in [-0.25, -0.2) is 4.98 Å². The third-order valence-electron chi connectivity index (χ3n) is 3.02. The zero-order valence-corrected chi connectivity index (χ0v) is 12.0. The highest BCUT2D eigenvalue weighted by molar-refractivity contribution is 7.80. The SMILES string of the molecule is CCN(CC(N)=O)c1cc(C(N)=S)c2ccccc2n1. The number of carbonyl (C=O) groups is 1. The minimum atomic E-state index is -0.404. The van der Waals surface area contributed by atoms with E-state index < -0.39 is 5.91 Å². The number of thiocarbonyl (C=S) groups is 1. The Morgan fingerprint density at radius 2 is 2.05 bits per heavy atom. The van der Waals surface area contributed by atoms with Crippen molar-refractivity contribution >= 4 is 39.8 Å². The van der Waals surface area contributed by atoms with Crippen LogP contribution in [-0.2, 0) is 4.79 Å². The summed E-state index contributed by atoms with van der Waals surface area (Å²) >= 11 is 5.10. The molecule has 0 aliphatic rings. The first-order chi connectivity index (χ1) is 9.52. The number of hydrogen-bond donors (Lipinski definition) is 2. The summed E-state index contributed by atoms with van der Waals surface area (Å²) in [6, 6.07) is 9.42. The van der Waals surface area contributed by atoms with Gasteiger partial charge in [0, 0.05) is 17.5 Å². The average molecular weight is 288 g/mol. The Hall–Kier alpha value is -2.21. The number of carbonyl (C=O) groups excluding carboxylic acids is 1. The maximum Gasteiger partial charge on any atom is 0.236 e. The van der Waals surface area contributed by atoms with Gasteiger partial charge in [0.2, 0.25) is 5.91 Å². The molecule has 2 aromatic rings. The first kappa shape index (κ1) is 14.2. The van der Waals surface area contributed by atoms with Crippen LogP contribution in [0.1, 0.15) is 12.5 Å². The van der Waals surface area contributed by atoms with E-state index in [2.05, 4.69) is 4.98 Å². The van der Waals surface area contributed by atoms with Gasteiger partial charge in [-0.2, -0.15) is 0 Å². The predicted molar refractivity (Wildman–Crippen MR) is 84.7 cm³/mol. The van der Waals surface area contributed by atoms with E-state index in [0.29, 0.717) is 17.4 Å². The number of hydrogen-bond acceptors (Lipinski definition) is 4. The standard InChI is InChI=1S/C14H16N4OS/c1-2-18(8-12(15)19)13-7-10(14(16)20)9-5-3-4-6-11(9)17-13/h3-7H,2,8H2,1H3,(H2,15,19)(H2,16,20). The number of likely N-dealkylation sites (N-methyl/N-ethyl adjacent to an activating group) is 1. The van der Waals surface area contributed by atoms with E-state index in [-0.39, 0.29) is 6.54 Å². The van der Waals surface area contributed by atoms with Gasteiger partial charge in [-0.05, 0) is 19.1 Å². The third kappa shape index (κ3) is 2.85. The molecule has 0 radical (unpaired) electrons. The van der Waals surface area contributed by atoms with E-state index >= 15 is 0 Å². The summed E-state index contributed by atoms with van der Waals surface area (Å²) in [7, 11) is 0. The molecule has 0 saturated heterocycles. The summed E-state index contributed by atoms with van der Waals surface area (Å²) in [4.78, 5) is 17.8. The number of aromatic nitrogens is 1. The number of para-hydroxylation sites is 1. The number of benzene rings is 1. The minimum absolute atomic E-state index is 0.110. The van der Waals surface area contributed by atoms with Crippen LogP contribution in [0.15, 0.2) is 30.3 Å². The van der Waals surface area contributed by atoms with Crippen LogP contribution in [0.4, 0.5) is 5.82 Å². The molecule has 20 heavy (non-hydrogen) atoms. The lowest BCUT2D eigenvalue weighted by molar-refractivity contribution is -0.116. The highest BCUT2D eigenvalue weighted by Crippen LogP contribution is 2.22. The lowest BCUT2D eigenvalue weighted by Gasteiger charge is -2.21. The van der Waals surface area contributed by atoms with Gasteiger partial charge in [-0.1, -0.05) is 30.4 Å². The van der Waals surface area contributed by atoms with Gasteiger partial charge in [0.05, 0.1) is 12.1 Å². The molecule has 0 saturated carbocycles. The van der Waals surface area contributed by atoms with Crippen LogP contribution in [0, 0.1) is 0 Å². The van der Waals surface area contributed by atoms with Crippen molar-refractivity contribution in [3.8, 4) is 0 Å². The number of primary amides is 1. The monoisotopic (exact) mass is 288 g/mol. The second kappa shape index (κ2) is 5.83. The molecule has 0 aliphatic heterocycles. The van der Waals surface area contributed by atoms with E-state index in [1.807, 2.05) is 31.2 Å². The summed E-state index contributed by atoms with van der Waals surface area (Å²) in [5, 5.41) is 0.902. The summed E-state index contributed by atoms with van der Waals surface area (Å²) in [5.74, 6) is 0.242. The maximum absolute atomic E-state index is 11.1. The van der Waals surface area contributed by atoms with Gasteiger partial charge in [0.25, 0.3) is 0 Å². The molecule has 1 amide bonds. The van der Waals surface area contributed by atoms with Gasteiger partial charge in [-0.15, -0.1) is 0 Å². The van der Waals surface area contributed by atoms with Crippen molar-refractivity contribution in [2.24, 2.45) is 11.5 Å². The molecule has 0 spiro atoms.